The van der Waals surface area contributed by atoms with Crippen LogP contribution in [0.15, 0.2) is 9.98 Å². The summed E-state index contributed by atoms with van der Waals surface area (Å²) in [5.41, 5.74) is 5.63. The molecule has 0 bridgehead atoms. The maximum absolute atomic E-state index is 9.14. The first kappa shape index (κ1) is 8.62. The third-order valence-electron chi connectivity index (χ3n) is 2.10. The summed E-state index contributed by atoms with van der Waals surface area (Å²) in [4.78, 5) is 4.18. The van der Waals surface area contributed by atoms with Crippen molar-refractivity contribution in [3.63, 3.8) is 0 Å². The van der Waals surface area contributed by atoms with Crippen LogP contribution < -0.4 is 5.73 Å². The Morgan fingerprint density at radius 1 is 1.75 bits per heavy atom. The topological polar surface area (TPSA) is 59.1 Å². The van der Waals surface area contributed by atoms with E-state index in [2.05, 4.69) is 20.9 Å². The molecule has 5 heteroatoms. The maximum atomic E-state index is 9.14. The van der Waals surface area contributed by atoms with E-state index in [0.717, 1.165) is 8.79 Å². The van der Waals surface area contributed by atoms with Gasteiger partial charge in [-0.2, -0.15) is 0 Å². The van der Waals surface area contributed by atoms with E-state index in [0.29, 0.717) is 12.8 Å². The first-order valence-electron chi connectivity index (χ1n) is 3.69. The van der Waals surface area contributed by atoms with Crippen LogP contribution in [0.3, 0.4) is 0 Å². The lowest BCUT2D eigenvalue weighted by molar-refractivity contribution is 0.0208. The van der Waals surface area contributed by atoms with Gasteiger partial charge in [-0.05, 0) is 28.8 Å². The molecular weight excluding hydrogens is 240 g/mol. The first-order valence-corrected chi connectivity index (χ1v) is 5.30. The Kier molecular flexibility index (Phi) is 1.99. The number of thiazole rings is 1. The van der Waals surface area contributed by atoms with Crippen molar-refractivity contribution in [2.45, 2.75) is 24.5 Å². The monoisotopic (exact) mass is 248 g/mol. The third-order valence-corrected chi connectivity index (χ3v) is 3.80. The van der Waals surface area contributed by atoms with E-state index in [4.69, 9.17) is 10.8 Å². The van der Waals surface area contributed by atoms with Crippen LogP contribution in [0, 0.1) is 0 Å². The Labute approximate surface area is 82.7 Å². The molecule has 1 saturated carbocycles. The quantitative estimate of drug-likeness (QED) is 0.786. The number of halogens is 1. The van der Waals surface area contributed by atoms with Crippen LogP contribution in [0.25, 0.3) is 0 Å². The third kappa shape index (κ3) is 1.31. The van der Waals surface area contributed by atoms with E-state index in [1.807, 2.05) is 0 Å². The molecule has 1 heterocycles. The van der Waals surface area contributed by atoms with Gasteiger partial charge in [0.1, 0.15) is 5.01 Å². The van der Waals surface area contributed by atoms with E-state index < -0.39 is 0 Å². The molecule has 1 aliphatic rings. The van der Waals surface area contributed by atoms with Crippen molar-refractivity contribution in [2.75, 3.05) is 0 Å². The number of rotatable bonds is 1. The number of aliphatic hydroxyl groups excluding tert-OH is 1. The van der Waals surface area contributed by atoms with Crippen LogP contribution in [0.2, 0.25) is 0 Å². The zero-order valence-electron chi connectivity index (χ0n) is 6.33. The number of hydrogen-bond donors (Lipinski definition) is 2. The molecule has 0 spiro atoms. The molecule has 66 valence electrons. The highest BCUT2D eigenvalue weighted by Crippen LogP contribution is 2.41. The van der Waals surface area contributed by atoms with E-state index >= 15 is 0 Å². The van der Waals surface area contributed by atoms with Crippen molar-refractivity contribution < 1.29 is 5.11 Å². The number of nitrogens with two attached hydrogens (primary N) is 1. The van der Waals surface area contributed by atoms with Crippen LogP contribution in [-0.4, -0.2) is 16.2 Å². The van der Waals surface area contributed by atoms with Gasteiger partial charge in [-0.15, -0.1) is 11.3 Å². The van der Waals surface area contributed by atoms with Gasteiger partial charge in [0.15, 0.2) is 0 Å². The largest absolute Gasteiger partial charge is 0.393 e. The van der Waals surface area contributed by atoms with E-state index in [-0.39, 0.29) is 11.6 Å². The second-order valence-corrected chi connectivity index (χ2v) is 5.60. The van der Waals surface area contributed by atoms with Gasteiger partial charge >= 0.3 is 0 Å². The van der Waals surface area contributed by atoms with E-state index in [1.165, 1.54) is 0 Å². The molecule has 0 amide bonds. The Morgan fingerprint density at radius 3 is 2.83 bits per heavy atom. The highest BCUT2D eigenvalue weighted by Gasteiger charge is 2.43. The molecular formula is C7H9BrN2OS. The summed E-state index contributed by atoms with van der Waals surface area (Å²) in [6, 6.07) is 0. The number of aliphatic hydroxyl groups is 1. The molecule has 12 heavy (non-hydrogen) atoms. The van der Waals surface area contributed by atoms with Gasteiger partial charge in [-0.1, -0.05) is 0 Å². The molecule has 2 rings (SSSR count). The molecule has 0 atom stereocenters. The van der Waals surface area contributed by atoms with Gasteiger partial charge in [-0.25, -0.2) is 4.98 Å². The van der Waals surface area contributed by atoms with Crippen molar-refractivity contribution in [2.24, 2.45) is 5.73 Å². The second-order valence-electron chi connectivity index (χ2n) is 3.19. The normalized spacial score (nSPS) is 34.8. The molecule has 0 aliphatic heterocycles. The average molecular weight is 249 g/mol. The minimum atomic E-state index is -0.365. The highest BCUT2D eigenvalue weighted by atomic mass is 79.9. The molecule has 3 nitrogen and oxygen atoms in total. The lowest BCUT2D eigenvalue weighted by atomic mass is 9.76. The fraction of sp³-hybridized carbons (Fsp3) is 0.571. The summed E-state index contributed by atoms with van der Waals surface area (Å²) < 4.78 is 0.990. The smallest absolute Gasteiger partial charge is 0.114 e. The summed E-state index contributed by atoms with van der Waals surface area (Å²) in [5.74, 6) is 0. The maximum Gasteiger partial charge on any atom is 0.114 e. The molecule has 0 radical (unpaired) electrons. The zero-order valence-corrected chi connectivity index (χ0v) is 8.73. The van der Waals surface area contributed by atoms with E-state index in [1.54, 1.807) is 17.5 Å². The Hall–Kier alpha value is 0.0300. The zero-order chi connectivity index (χ0) is 8.77. The molecule has 1 aromatic rings. The summed E-state index contributed by atoms with van der Waals surface area (Å²) in [5, 5.41) is 10.1. The van der Waals surface area contributed by atoms with Crippen molar-refractivity contribution in [1.82, 2.24) is 4.98 Å². The number of aromatic nitrogens is 1. The lowest BCUT2D eigenvalue weighted by Crippen LogP contribution is -2.51. The minimum Gasteiger partial charge on any atom is -0.393 e. The molecule has 1 fully saturated rings. The Bertz CT molecular complexity index is 295. The van der Waals surface area contributed by atoms with Gasteiger partial charge in [-0.3, -0.25) is 0 Å². The SMILES string of the molecule is NC1(c2ncc(Br)s2)CC(O)C1. The van der Waals surface area contributed by atoms with Crippen LogP contribution in [-0.2, 0) is 5.54 Å². The van der Waals surface area contributed by atoms with Gasteiger partial charge in [0.2, 0.25) is 0 Å². The van der Waals surface area contributed by atoms with Gasteiger partial charge in [0, 0.05) is 0 Å². The molecule has 0 unspecified atom stereocenters. The lowest BCUT2D eigenvalue weighted by Gasteiger charge is -2.40. The first-order chi connectivity index (χ1) is 5.60. The molecule has 0 aromatic carbocycles. The fourth-order valence-corrected chi connectivity index (χ4v) is 2.77. The summed E-state index contributed by atoms with van der Waals surface area (Å²) in [6.45, 7) is 0. The van der Waals surface area contributed by atoms with Crippen molar-refractivity contribution in [1.29, 1.82) is 0 Å². The number of hydrogen-bond acceptors (Lipinski definition) is 4. The fourth-order valence-electron chi connectivity index (χ4n) is 1.44. The Morgan fingerprint density at radius 2 is 2.42 bits per heavy atom. The van der Waals surface area contributed by atoms with Crippen LogP contribution in [0.5, 0.6) is 0 Å². The average Bonchev–Trinajstić information content (AvgIpc) is 2.33. The summed E-state index contributed by atoms with van der Waals surface area (Å²) in [7, 11) is 0. The predicted octanol–water partition coefficient (Wildman–Crippen LogP) is 1.21. The number of nitrogens with zero attached hydrogens (tertiary/aromatic N) is 1. The van der Waals surface area contributed by atoms with Crippen LogP contribution in [0.1, 0.15) is 17.8 Å². The minimum absolute atomic E-state index is 0.238. The van der Waals surface area contributed by atoms with Crippen molar-refractivity contribution in [3.8, 4) is 0 Å². The predicted molar refractivity (Wildman–Crippen MR) is 50.9 cm³/mol. The molecule has 0 saturated heterocycles. The summed E-state index contributed by atoms with van der Waals surface area (Å²) in [6.07, 6.45) is 2.77. The van der Waals surface area contributed by atoms with Crippen LogP contribution in [0.4, 0.5) is 0 Å². The van der Waals surface area contributed by atoms with Crippen LogP contribution >= 0.6 is 27.3 Å². The van der Waals surface area contributed by atoms with Crippen molar-refractivity contribution in [3.05, 3.63) is 15.0 Å². The summed E-state index contributed by atoms with van der Waals surface area (Å²) >= 11 is 4.87. The molecule has 1 aliphatic carbocycles. The van der Waals surface area contributed by atoms with Crippen molar-refractivity contribution >= 4 is 27.3 Å². The molecule has 3 N–H and O–H groups in total. The van der Waals surface area contributed by atoms with Gasteiger partial charge < -0.3 is 10.8 Å². The molecule has 1 aromatic heterocycles. The highest BCUT2D eigenvalue weighted by molar-refractivity contribution is 9.11. The standard InChI is InChI=1S/C7H9BrN2OS/c8-5-3-10-6(12-5)7(9)1-4(11)2-7/h3-4,11H,1-2,9H2. The Balaban J connectivity index is 2.20. The van der Waals surface area contributed by atoms with E-state index in [9.17, 15) is 0 Å². The van der Waals surface area contributed by atoms with Gasteiger partial charge in [0.05, 0.1) is 21.6 Å². The van der Waals surface area contributed by atoms with Gasteiger partial charge in [0.25, 0.3) is 0 Å². The second kappa shape index (κ2) is 2.77.